The number of hydrogen-bond donors (Lipinski definition) is 1. The molecule has 0 aliphatic heterocycles. The van der Waals surface area contributed by atoms with E-state index in [1.165, 1.54) is 4.90 Å². The number of ether oxygens (including phenoxy) is 1. The molecule has 1 N–H and O–H groups in total. The predicted molar refractivity (Wildman–Crippen MR) is 89.5 cm³/mol. The maximum absolute atomic E-state index is 12.7. The lowest BCUT2D eigenvalue weighted by molar-refractivity contribution is -0.166. The van der Waals surface area contributed by atoms with Gasteiger partial charge in [-0.3, -0.25) is 4.79 Å². The molecule has 0 aromatic carbocycles. The summed E-state index contributed by atoms with van der Waals surface area (Å²) in [6, 6.07) is -0.858. The van der Waals surface area contributed by atoms with E-state index in [1.54, 1.807) is 14.1 Å². The summed E-state index contributed by atoms with van der Waals surface area (Å²) in [5.41, 5.74) is -0.561. The Kier molecular flexibility index (Phi) is 8.09. The molecule has 0 saturated heterocycles. The number of nitrogens with zero attached hydrogens (tertiary/aromatic N) is 1. The van der Waals surface area contributed by atoms with Crippen LogP contribution in [-0.4, -0.2) is 48.6 Å². The number of esters is 1. The van der Waals surface area contributed by atoms with Crippen molar-refractivity contribution in [1.82, 2.24) is 10.2 Å². The zero-order chi connectivity index (χ0) is 17.7. The van der Waals surface area contributed by atoms with Gasteiger partial charge < -0.3 is 15.0 Å². The van der Waals surface area contributed by atoms with Crippen molar-refractivity contribution in [3.05, 3.63) is 0 Å². The number of carbonyl (C=O) groups excluding carboxylic acids is 2. The first kappa shape index (κ1) is 20.9. The lowest BCUT2D eigenvalue weighted by atomic mass is 9.99. The predicted octanol–water partition coefficient (Wildman–Crippen LogP) is 2.45. The van der Waals surface area contributed by atoms with E-state index < -0.39 is 11.6 Å². The van der Waals surface area contributed by atoms with Gasteiger partial charge in [0.1, 0.15) is 11.6 Å². The molecule has 5 heteroatoms. The molecule has 2 atom stereocenters. The molecule has 0 spiro atoms. The molecule has 0 aromatic rings. The molecule has 0 rings (SSSR count). The molecule has 0 bridgehead atoms. The molecule has 0 aromatic heterocycles. The SMILES string of the molecule is CN[C@@H](CC(C)C)C(=O)N(C)[C@@H](C(=O)OC(C)(C)C)C(C)C. The summed E-state index contributed by atoms with van der Waals surface area (Å²) < 4.78 is 5.47. The van der Waals surface area contributed by atoms with E-state index in [9.17, 15) is 9.59 Å². The second-order valence-electron chi connectivity index (χ2n) is 7.64. The standard InChI is InChI=1S/C17H34N2O3/c1-11(2)10-13(18-8)15(20)19(9)14(12(3)4)16(21)22-17(5,6)7/h11-14,18H,10H2,1-9H3/t13-,14+/m0/s1. The third kappa shape index (κ3) is 6.77. The fourth-order valence-electron chi connectivity index (χ4n) is 2.44. The van der Waals surface area contributed by atoms with Crippen molar-refractivity contribution in [3.63, 3.8) is 0 Å². The first-order valence-corrected chi connectivity index (χ1v) is 8.07. The topological polar surface area (TPSA) is 58.6 Å². The highest BCUT2D eigenvalue weighted by Crippen LogP contribution is 2.18. The van der Waals surface area contributed by atoms with Crippen LogP contribution in [0.2, 0.25) is 0 Å². The van der Waals surface area contributed by atoms with Crippen LogP contribution in [0.4, 0.5) is 0 Å². The van der Waals surface area contributed by atoms with Crippen LogP contribution in [0.5, 0.6) is 0 Å². The third-order valence-electron chi connectivity index (χ3n) is 3.40. The van der Waals surface area contributed by atoms with Gasteiger partial charge in [0.15, 0.2) is 0 Å². The molecule has 0 heterocycles. The minimum absolute atomic E-state index is 0.0136. The Morgan fingerprint density at radius 1 is 1.14 bits per heavy atom. The Hall–Kier alpha value is -1.10. The summed E-state index contributed by atoms with van der Waals surface area (Å²) in [4.78, 5) is 26.7. The third-order valence-corrected chi connectivity index (χ3v) is 3.40. The second kappa shape index (κ2) is 8.51. The summed E-state index contributed by atoms with van der Waals surface area (Å²) in [6.45, 7) is 13.5. The largest absolute Gasteiger partial charge is 0.458 e. The van der Waals surface area contributed by atoms with Crippen LogP contribution in [0.1, 0.15) is 54.9 Å². The van der Waals surface area contributed by atoms with Crippen molar-refractivity contribution >= 4 is 11.9 Å². The van der Waals surface area contributed by atoms with Gasteiger partial charge in [-0.05, 0) is 46.1 Å². The summed E-state index contributed by atoms with van der Waals surface area (Å²) in [7, 11) is 3.46. The zero-order valence-electron chi connectivity index (χ0n) is 15.7. The van der Waals surface area contributed by atoms with Crippen molar-refractivity contribution in [2.45, 2.75) is 72.6 Å². The van der Waals surface area contributed by atoms with E-state index in [0.29, 0.717) is 5.92 Å². The average molecular weight is 314 g/mol. The normalized spacial score (nSPS) is 14.9. The van der Waals surface area contributed by atoms with Crippen molar-refractivity contribution < 1.29 is 14.3 Å². The number of carbonyl (C=O) groups is 2. The van der Waals surface area contributed by atoms with Gasteiger partial charge in [-0.2, -0.15) is 0 Å². The van der Waals surface area contributed by atoms with Gasteiger partial charge in [-0.1, -0.05) is 27.7 Å². The Labute approximate surface area is 135 Å². The highest BCUT2D eigenvalue weighted by atomic mass is 16.6. The summed E-state index contributed by atoms with van der Waals surface area (Å²) in [5.74, 6) is -0.0345. The van der Waals surface area contributed by atoms with Crippen LogP contribution in [0.25, 0.3) is 0 Å². The van der Waals surface area contributed by atoms with Gasteiger partial charge in [-0.15, -0.1) is 0 Å². The Morgan fingerprint density at radius 2 is 1.64 bits per heavy atom. The Morgan fingerprint density at radius 3 is 1.95 bits per heavy atom. The molecule has 0 aliphatic rings. The van der Waals surface area contributed by atoms with E-state index in [4.69, 9.17) is 4.74 Å². The van der Waals surface area contributed by atoms with Crippen molar-refractivity contribution in [2.24, 2.45) is 11.8 Å². The highest BCUT2D eigenvalue weighted by molar-refractivity contribution is 5.87. The maximum Gasteiger partial charge on any atom is 0.329 e. The van der Waals surface area contributed by atoms with E-state index in [-0.39, 0.29) is 23.8 Å². The summed E-state index contributed by atoms with van der Waals surface area (Å²) >= 11 is 0. The van der Waals surface area contributed by atoms with Gasteiger partial charge in [0.2, 0.25) is 5.91 Å². The average Bonchev–Trinajstić information content (AvgIpc) is 2.31. The van der Waals surface area contributed by atoms with Crippen LogP contribution in [0, 0.1) is 11.8 Å². The highest BCUT2D eigenvalue weighted by Gasteiger charge is 2.35. The molecular weight excluding hydrogens is 280 g/mol. The molecule has 22 heavy (non-hydrogen) atoms. The van der Waals surface area contributed by atoms with Crippen molar-refractivity contribution in [2.75, 3.05) is 14.1 Å². The Bertz CT molecular complexity index is 373. The van der Waals surface area contributed by atoms with Crippen LogP contribution in [0.3, 0.4) is 0 Å². The van der Waals surface area contributed by atoms with E-state index in [1.807, 2.05) is 34.6 Å². The van der Waals surface area contributed by atoms with Crippen molar-refractivity contribution in [1.29, 1.82) is 0 Å². The summed E-state index contributed by atoms with van der Waals surface area (Å²) in [6.07, 6.45) is 0.735. The number of likely N-dealkylation sites (N-methyl/N-ethyl adjacent to an activating group) is 2. The lowest BCUT2D eigenvalue weighted by Gasteiger charge is -2.34. The molecule has 0 fully saturated rings. The molecule has 0 radical (unpaired) electrons. The number of rotatable bonds is 7. The van der Waals surface area contributed by atoms with E-state index >= 15 is 0 Å². The van der Waals surface area contributed by atoms with E-state index in [2.05, 4.69) is 19.2 Å². The maximum atomic E-state index is 12.7. The van der Waals surface area contributed by atoms with Gasteiger partial charge >= 0.3 is 5.97 Å². The van der Waals surface area contributed by atoms with Gasteiger partial charge in [0.05, 0.1) is 6.04 Å². The Balaban J connectivity index is 5.17. The minimum Gasteiger partial charge on any atom is -0.458 e. The first-order chi connectivity index (χ1) is 9.90. The first-order valence-electron chi connectivity index (χ1n) is 8.07. The molecule has 130 valence electrons. The van der Waals surface area contributed by atoms with Gasteiger partial charge in [0, 0.05) is 7.05 Å². The van der Waals surface area contributed by atoms with Gasteiger partial charge in [0.25, 0.3) is 0 Å². The quantitative estimate of drug-likeness (QED) is 0.733. The summed E-state index contributed by atoms with van der Waals surface area (Å²) in [5, 5.41) is 3.05. The van der Waals surface area contributed by atoms with Crippen LogP contribution >= 0.6 is 0 Å². The van der Waals surface area contributed by atoms with Crippen LogP contribution in [-0.2, 0) is 14.3 Å². The molecule has 5 nitrogen and oxygen atoms in total. The lowest BCUT2D eigenvalue weighted by Crippen LogP contribution is -2.53. The second-order valence-corrected chi connectivity index (χ2v) is 7.64. The monoisotopic (exact) mass is 314 g/mol. The van der Waals surface area contributed by atoms with Crippen LogP contribution < -0.4 is 5.32 Å². The molecule has 0 unspecified atom stereocenters. The minimum atomic E-state index is -0.574. The van der Waals surface area contributed by atoms with Crippen molar-refractivity contribution in [3.8, 4) is 0 Å². The fourth-order valence-corrected chi connectivity index (χ4v) is 2.44. The molecular formula is C17H34N2O3. The number of amides is 1. The van der Waals surface area contributed by atoms with Gasteiger partial charge in [-0.25, -0.2) is 4.79 Å². The fraction of sp³-hybridized carbons (Fsp3) is 0.882. The zero-order valence-corrected chi connectivity index (χ0v) is 15.7. The molecule has 0 saturated carbocycles. The number of hydrogen-bond acceptors (Lipinski definition) is 4. The molecule has 0 aliphatic carbocycles. The smallest absolute Gasteiger partial charge is 0.329 e. The molecule has 1 amide bonds. The van der Waals surface area contributed by atoms with E-state index in [0.717, 1.165) is 6.42 Å². The van der Waals surface area contributed by atoms with Crippen LogP contribution in [0.15, 0.2) is 0 Å². The number of nitrogens with one attached hydrogen (secondary N) is 1.